The van der Waals surface area contributed by atoms with E-state index in [0.29, 0.717) is 56.2 Å². The van der Waals surface area contributed by atoms with Crippen molar-refractivity contribution in [2.75, 3.05) is 26.3 Å². The van der Waals surface area contributed by atoms with E-state index >= 15 is 0 Å². The standard InChI is InChI=1S/C23H21F2N5O2S/c1-12-27-28-19-11-26-21(13-6-15(24)10-16(25)7-13)20-17-8-14(9-18(17)33-23(20)30(12)19)22(31)29-2-4-32-5-3-29/h6-7,10,14H,2-5,8-9,11H2,1H3. The maximum atomic E-state index is 14.1. The molecule has 0 N–H and O–H groups in total. The zero-order valence-electron chi connectivity index (χ0n) is 18.0. The molecule has 170 valence electrons. The molecule has 1 unspecified atom stereocenters. The van der Waals surface area contributed by atoms with Gasteiger partial charge in [0.05, 0.1) is 18.9 Å². The van der Waals surface area contributed by atoms with Crippen LogP contribution in [-0.4, -0.2) is 57.6 Å². The van der Waals surface area contributed by atoms with Gasteiger partial charge < -0.3 is 9.64 Å². The zero-order chi connectivity index (χ0) is 22.7. The summed E-state index contributed by atoms with van der Waals surface area (Å²) in [5, 5.41) is 9.37. The number of carbonyl (C=O) groups excluding carboxylic acids is 1. The minimum Gasteiger partial charge on any atom is -0.378 e. The van der Waals surface area contributed by atoms with Crippen LogP contribution in [0.4, 0.5) is 8.78 Å². The third-order valence-electron chi connectivity index (χ3n) is 6.47. The van der Waals surface area contributed by atoms with Gasteiger partial charge in [-0.25, -0.2) is 8.78 Å². The molecule has 1 aliphatic carbocycles. The Labute approximate surface area is 192 Å². The zero-order valence-corrected chi connectivity index (χ0v) is 18.8. The van der Waals surface area contributed by atoms with Crippen LogP contribution < -0.4 is 0 Å². The Hall–Kier alpha value is -2.98. The molecule has 2 aliphatic heterocycles. The van der Waals surface area contributed by atoms with E-state index in [9.17, 15) is 13.6 Å². The van der Waals surface area contributed by atoms with Crippen LogP contribution in [0.15, 0.2) is 23.2 Å². The lowest BCUT2D eigenvalue weighted by atomic mass is 9.97. The van der Waals surface area contributed by atoms with Crippen molar-refractivity contribution in [2.24, 2.45) is 10.9 Å². The number of benzene rings is 1. The number of carbonyl (C=O) groups is 1. The van der Waals surface area contributed by atoms with Crippen LogP contribution in [0.1, 0.15) is 33.2 Å². The molecule has 2 aromatic heterocycles. The number of nitrogens with zero attached hydrogens (tertiary/aromatic N) is 5. The summed E-state index contributed by atoms with van der Waals surface area (Å²) in [6.07, 6.45) is 1.22. The molecule has 10 heteroatoms. The summed E-state index contributed by atoms with van der Waals surface area (Å²) in [6.45, 7) is 4.48. The summed E-state index contributed by atoms with van der Waals surface area (Å²) >= 11 is 1.59. The molecule has 0 bridgehead atoms. The highest BCUT2D eigenvalue weighted by Gasteiger charge is 2.38. The highest BCUT2D eigenvalue weighted by atomic mass is 32.1. The molecule has 33 heavy (non-hydrogen) atoms. The molecule has 0 saturated carbocycles. The number of hydrogen-bond donors (Lipinski definition) is 0. The lowest BCUT2D eigenvalue weighted by Crippen LogP contribution is -2.44. The highest BCUT2D eigenvalue weighted by Crippen LogP contribution is 2.43. The lowest BCUT2D eigenvalue weighted by molar-refractivity contribution is -0.139. The Balaban J connectivity index is 1.45. The minimum absolute atomic E-state index is 0.139. The van der Waals surface area contributed by atoms with Crippen molar-refractivity contribution >= 4 is 23.0 Å². The second-order valence-corrected chi connectivity index (χ2v) is 9.63. The summed E-state index contributed by atoms with van der Waals surface area (Å²) in [5.74, 6) is 0.101. The van der Waals surface area contributed by atoms with Crippen molar-refractivity contribution in [3.63, 3.8) is 0 Å². The molecule has 4 heterocycles. The largest absolute Gasteiger partial charge is 0.378 e. The van der Waals surface area contributed by atoms with Gasteiger partial charge in [-0.1, -0.05) is 0 Å². The number of aliphatic imine (C=N–C) groups is 1. The first-order valence-electron chi connectivity index (χ1n) is 10.9. The Morgan fingerprint density at radius 1 is 1.12 bits per heavy atom. The van der Waals surface area contributed by atoms with E-state index < -0.39 is 11.6 Å². The number of rotatable bonds is 2. The number of aryl methyl sites for hydroxylation is 1. The molecule has 3 aliphatic rings. The number of thiophene rings is 1. The fourth-order valence-corrected chi connectivity index (χ4v) is 6.44. The summed E-state index contributed by atoms with van der Waals surface area (Å²) < 4.78 is 35.6. The first kappa shape index (κ1) is 20.6. The number of fused-ring (bicyclic) bond motifs is 5. The van der Waals surface area contributed by atoms with Crippen LogP contribution >= 0.6 is 11.3 Å². The van der Waals surface area contributed by atoms with E-state index in [0.717, 1.165) is 32.9 Å². The van der Waals surface area contributed by atoms with Gasteiger partial charge in [0.2, 0.25) is 5.91 Å². The van der Waals surface area contributed by atoms with E-state index in [1.807, 2.05) is 16.4 Å². The Bertz CT molecular complexity index is 1290. The Morgan fingerprint density at radius 2 is 1.88 bits per heavy atom. The normalized spacial score (nSPS) is 19.5. The summed E-state index contributed by atoms with van der Waals surface area (Å²) in [4.78, 5) is 20.9. The monoisotopic (exact) mass is 469 g/mol. The second-order valence-electron chi connectivity index (χ2n) is 8.55. The third-order valence-corrected chi connectivity index (χ3v) is 7.71. The van der Waals surface area contributed by atoms with Crippen LogP contribution in [-0.2, 0) is 28.9 Å². The molecular weight excluding hydrogens is 448 g/mol. The van der Waals surface area contributed by atoms with Crippen LogP contribution in [0, 0.1) is 24.5 Å². The van der Waals surface area contributed by atoms with Crippen LogP contribution in [0.5, 0.6) is 0 Å². The molecule has 1 fully saturated rings. The van der Waals surface area contributed by atoms with Crippen LogP contribution in [0.25, 0.3) is 5.00 Å². The van der Waals surface area contributed by atoms with Crippen molar-refractivity contribution in [3.8, 4) is 5.00 Å². The first-order chi connectivity index (χ1) is 16.0. The summed E-state index contributed by atoms with van der Waals surface area (Å²) in [7, 11) is 0. The summed E-state index contributed by atoms with van der Waals surface area (Å²) in [5.41, 5.74) is 2.78. The number of morpholine rings is 1. The molecule has 1 amide bonds. The number of amides is 1. The van der Waals surface area contributed by atoms with E-state index in [1.165, 1.54) is 12.1 Å². The van der Waals surface area contributed by atoms with Gasteiger partial charge in [-0.2, -0.15) is 0 Å². The predicted molar refractivity (Wildman–Crippen MR) is 118 cm³/mol. The van der Waals surface area contributed by atoms with Gasteiger partial charge >= 0.3 is 0 Å². The maximum absolute atomic E-state index is 14.1. The second kappa shape index (κ2) is 7.81. The fraction of sp³-hybridized carbons (Fsp3) is 0.391. The highest BCUT2D eigenvalue weighted by molar-refractivity contribution is 7.15. The molecule has 0 spiro atoms. The number of ether oxygens (including phenoxy) is 1. The van der Waals surface area contributed by atoms with Crippen LogP contribution in [0.3, 0.4) is 0 Å². The van der Waals surface area contributed by atoms with Crippen molar-refractivity contribution < 1.29 is 18.3 Å². The smallest absolute Gasteiger partial charge is 0.226 e. The van der Waals surface area contributed by atoms with Gasteiger partial charge in [0.15, 0.2) is 5.82 Å². The fourth-order valence-electron chi connectivity index (χ4n) is 4.97. The number of aromatic nitrogens is 3. The van der Waals surface area contributed by atoms with Crippen LogP contribution in [0.2, 0.25) is 0 Å². The van der Waals surface area contributed by atoms with Gasteiger partial charge in [0.1, 0.15) is 29.0 Å². The number of hydrogen-bond acceptors (Lipinski definition) is 6. The first-order valence-corrected chi connectivity index (χ1v) is 11.7. The average Bonchev–Trinajstić information content (AvgIpc) is 3.43. The van der Waals surface area contributed by atoms with Gasteiger partial charge in [0, 0.05) is 41.1 Å². The van der Waals surface area contributed by atoms with E-state index in [-0.39, 0.29) is 18.4 Å². The van der Waals surface area contributed by atoms with Crippen molar-refractivity contribution in [2.45, 2.75) is 26.3 Å². The molecule has 1 aromatic carbocycles. The SMILES string of the molecule is Cc1nnc2n1-c1sc3c(c1C(c1cc(F)cc(F)c1)=NC2)CC(C(=O)N1CCOCC1)C3. The molecule has 6 rings (SSSR count). The molecule has 3 aromatic rings. The topological polar surface area (TPSA) is 72.6 Å². The van der Waals surface area contributed by atoms with E-state index in [4.69, 9.17) is 9.73 Å². The molecule has 0 radical (unpaired) electrons. The lowest BCUT2D eigenvalue weighted by Gasteiger charge is -2.29. The average molecular weight is 470 g/mol. The van der Waals surface area contributed by atoms with Gasteiger partial charge in [0.25, 0.3) is 0 Å². The summed E-state index contributed by atoms with van der Waals surface area (Å²) in [6, 6.07) is 3.47. The third kappa shape index (κ3) is 3.39. The van der Waals surface area contributed by atoms with Gasteiger partial charge in [-0.3, -0.25) is 14.4 Å². The molecule has 1 saturated heterocycles. The van der Waals surface area contributed by atoms with E-state index in [1.54, 1.807) is 11.3 Å². The van der Waals surface area contributed by atoms with Crippen molar-refractivity contribution in [3.05, 3.63) is 63.0 Å². The Morgan fingerprint density at radius 3 is 2.64 bits per heavy atom. The molecule has 7 nitrogen and oxygen atoms in total. The van der Waals surface area contributed by atoms with Crippen molar-refractivity contribution in [1.82, 2.24) is 19.7 Å². The maximum Gasteiger partial charge on any atom is 0.226 e. The van der Waals surface area contributed by atoms with Crippen molar-refractivity contribution in [1.29, 1.82) is 0 Å². The Kier molecular flexibility index (Phi) is 4.88. The van der Waals surface area contributed by atoms with E-state index in [2.05, 4.69) is 10.2 Å². The molecule has 1 atom stereocenters. The predicted octanol–water partition coefficient (Wildman–Crippen LogP) is 2.84. The minimum atomic E-state index is -0.652. The number of halogens is 2. The molecular formula is C23H21F2N5O2S. The quantitative estimate of drug-likeness (QED) is 0.579. The van der Waals surface area contributed by atoms with Gasteiger partial charge in [-0.15, -0.1) is 21.5 Å². The van der Waals surface area contributed by atoms with Gasteiger partial charge in [-0.05, 0) is 37.5 Å².